The van der Waals surface area contributed by atoms with Crippen LogP contribution in [0.4, 0.5) is 5.95 Å². The number of aromatic amines is 1. The van der Waals surface area contributed by atoms with Gasteiger partial charge < -0.3 is 10.2 Å². The normalized spacial score (nSPS) is 18.8. The van der Waals surface area contributed by atoms with Gasteiger partial charge in [0.25, 0.3) is 5.56 Å². The number of aromatic nitrogens is 2. The van der Waals surface area contributed by atoms with Gasteiger partial charge in [-0.2, -0.15) is 0 Å². The summed E-state index contributed by atoms with van der Waals surface area (Å²) in [4.78, 5) is 36.3. The second-order valence-electron chi connectivity index (χ2n) is 8.08. The molecule has 0 saturated carbocycles. The van der Waals surface area contributed by atoms with E-state index in [4.69, 9.17) is 4.98 Å². The number of H-pyrrole nitrogens is 1. The maximum Gasteiger partial charge on any atom is 0.255 e. The zero-order valence-corrected chi connectivity index (χ0v) is 15.5. The fourth-order valence-corrected chi connectivity index (χ4v) is 3.52. The third-order valence-electron chi connectivity index (χ3n) is 4.73. The van der Waals surface area contributed by atoms with E-state index in [-0.39, 0.29) is 17.0 Å². The average molecular weight is 347 g/mol. The van der Waals surface area contributed by atoms with Gasteiger partial charge in [-0.05, 0) is 46.5 Å². The van der Waals surface area contributed by atoms with Crippen LogP contribution >= 0.6 is 0 Å². The van der Waals surface area contributed by atoms with Gasteiger partial charge in [-0.3, -0.25) is 19.5 Å². The summed E-state index contributed by atoms with van der Waals surface area (Å²) in [6.07, 6.45) is 3.93. The van der Waals surface area contributed by atoms with Crippen LogP contribution in [0.25, 0.3) is 0 Å². The maximum absolute atomic E-state index is 12.3. The fourth-order valence-electron chi connectivity index (χ4n) is 3.52. The molecule has 1 amide bonds. The fraction of sp³-hybridized carbons (Fsp3) is 0.722. The number of carbonyl (C=O) groups is 1. The largest absolute Gasteiger partial charge is 0.350 e. The van der Waals surface area contributed by atoms with E-state index in [1.165, 1.54) is 0 Å². The molecular formula is C18H29N5O2. The summed E-state index contributed by atoms with van der Waals surface area (Å²) in [5.74, 6) is 0.741. The highest BCUT2D eigenvalue weighted by Gasteiger charge is 2.24. The molecule has 7 heteroatoms. The minimum Gasteiger partial charge on any atom is -0.350 e. The molecule has 1 aromatic rings. The van der Waals surface area contributed by atoms with Crippen LogP contribution in [-0.2, 0) is 17.6 Å². The van der Waals surface area contributed by atoms with Crippen molar-refractivity contribution < 1.29 is 4.79 Å². The molecule has 138 valence electrons. The molecule has 2 heterocycles. The van der Waals surface area contributed by atoms with Gasteiger partial charge in [-0.1, -0.05) is 0 Å². The molecule has 7 nitrogen and oxygen atoms in total. The number of amides is 1. The number of anilines is 1. The van der Waals surface area contributed by atoms with E-state index >= 15 is 0 Å². The molecular weight excluding hydrogens is 318 g/mol. The van der Waals surface area contributed by atoms with E-state index in [9.17, 15) is 9.59 Å². The third-order valence-corrected chi connectivity index (χ3v) is 4.73. The first-order valence-electron chi connectivity index (χ1n) is 9.22. The topological polar surface area (TPSA) is 81.3 Å². The van der Waals surface area contributed by atoms with Gasteiger partial charge in [-0.25, -0.2) is 4.98 Å². The number of fused-ring (bicyclic) bond motifs is 1. The van der Waals surface area contributed by atoms with Crippen LogP contribution in [0.3, 0.4) is 0 Å². The molecule has 1 aliphatic heterocycles. The van der Waals surface area contributed by atoms with Crippen molar-refractivity contribution >= 4 is 11.9 Å². The Morgan fingerprint density at radius 3 is 2.52 bits per heavy atom. The van der Waals surface area contributed by atoms with Gasteiger partial charge in [0.05, 0.1) is 12.2 Å². The highest BCUT2D eigenvalue weighted by Crippen LogP contribution is 2.18. The van der Waals surface area contributed by atoms with Crippen LogP contribution in [0.1, 0.15) is 44.9 Å². The first kappa shape index (κ1) is 17.9. The highest BCUT2D eigenvalue weighted by molar-refractivity contribution is 5.78. The predicted octanol–water partition coefficient (Wildman–Crippen LogP) is 0.685. The first-order chi connectivity index (χ1) is 11.8. The van der Waals surface area contributed by atoms with E-state index in [0.29, 0.717) is 12.5 Å². The number of nitrogens with zero attached hydrogens (tertiary/aromatic N) is 3. The van der Waals surface area contributed by atoms with Crippen molar-refractivity contribution in [2.75, 3.05) is 37.6 Å². The second kappa shape index (κ2) is 7.15. The Hall–Kier alpha value is -1.89. The number of aryl methyl sites for hydroxylation is 1. The van der Waals surface area contributed by atoms with Gasteiger partial charge in [0.15, 0.2) is 0 Å². The standard InChI is InChI=1S/C18H29N5O2/c1-18(2,3)21-15(24)12-22-8-10-23(11-9-22)17-19-14-7-5-4-6-13(14)16(25)20-17/h4-12H2,1-3H3,(H,21,24)(H,19,20,25). The van der Waals surface area contributed by atoms with Gasteiger partial charge in [0.2, 0.25) is 11.9 Å². The van der Waals surface area contributed by atoms with Crippen LogP contribution in [0.15, 0.2) is 4.79 Å². The lowest BCUT2D eigenvalue weighted by atomic mass is 9.97. The predicted molar refractivity (Wildman–Crippen MR) is 98.0 cm³/mol. The van der Waals surface area contributed by atoms with E-state index in [1.807, 2.05) is 20.8 Å². The Balaban J connectivity index is 1.58. The average Bonchev–Trinajstić information content (AvgIpc) is 2.53. The number of hydrogen-bond acceptors (Lipinski definition) is 5. The molecule has 1 saturated heterocycles. The maximum atomic E-state index is 12.3. The highest BCUT2D eigenvalue weighted by atomic mass is 16.2. The second-order valence-corrected chi connectivity index (χ2v) is 8.08. The van der Waals surface area contributed by atoms with E-state index < -0.39 is 0 Å². The summed E-state index contributed by atoms with van der Waals surface area (Å²) in [5.41, 5.74) is 1.65. The Morgan fingerprint density at radius 2 is 1.84 bits per heavy atom. The Kier molecular flexibility index (Phi) is 5.13. The molecule has 1 aromatic heterocycles. The number of rotatable bonds is 3. The molecule has 0 unspecified atom stereocenters. The van der Waals surface area contributed by atoms with Crippen molar-refractivity contribution in [1.82, 2.24) is 20.2 Å². The molecule has 0 atom stereocenters. The van der Waals surface area contributed by atoms with Gasteiger partial charge in [0.1, 0.15) is 0 Å². The number of piperazine rings is 1. The molecule has 2 N–H and O–H groups in total. The molecule has 0 bridgehead atoms. The van der Waals surface area contributed by atoms with Crippen LogP contribution in [0.5, 0.6) is 0 Å². The van der Waals surface area contributed by atoms with E-state index in [1.54, 1.807) is 0 Å². The van der Waals surface area contributed by atoms with Crippen molar-refractivity contribution in [1.29, 1.82) is 0 Å². The molecule has 1 fully saturated rings. The van der Waals surface area contributed by atoms with Gasteiger partial charge >= 0.3 is 0 Å². The van der Waals surface area contributed by atoms with Crippen LogP contribution < -0.4 is 15.8 Å². The summed E-state index contributed by atoms with van der Waals surface area (Å²) < 4.78 is 0. The molecule has 0 spiro atoms. The smallest absolute Gasteiger partial charge is 0.255 e. The number of carbonyl (C=O) groups excluding carboxylic acids is 1. The first-order valence-corrected chi connectivity index (χ1v) is 9.22. The Morgan fingerprint density at radius 1 is 1.16 bits per heavy atom. The van der Waals surface area contributed by atoms with E-state index in [0.717, 1.165) is 63.1 Å². The lowest BCUT2D eigenvalue weighted by Gasteiger charge is -2.35. The summed E-state index contributed by atoms with van der Waals surface area (Å²) in [7, 11) is 0. The lowest BCUT2D eigenvalue weighted by Crippen LogP contribution is -2.52. The zero-order chi connectivity index (χ0) is 18.0. The quantitative estimate of drug-likeness (QED) is 0.841. The number of nitrogens with one attached hydrogen (secondary N) is 2. The molecule has 0 aromatic carbocycles. The SMILES string of the molecule is CC(C)(C)NC(=O)CN1CCN(c2nc3c(c(=O)[nH]2)CCCC3)CC1. The van der Waals surface area contributed by atoms with Crippen molar-refractivity contribution in [3.8, 4) is 0 Å². The van der Waals surface area contributed by atoms with Crippen LogP contribution in [0, 0.1) is 0 Å². The molecule has 25 heavy (non-hydrogen) atoms. The molecule has 0 radical (unpaired) electrons. The van der Waals surface area contributed by atoms with Gasteiger partial charge in [0, 0.05) is 37.3 Å². The van der Waals surface area contributed by atoms with Gasteiger partial charge in [-0.15, -0.1) is 0 Å². The minimum atomic E-state index is -0.203. The van der Waals surface area contributed by atoms with Crippen LogP contribution in [-0.4, -0.2) is 59.0 Å². The minimum absolute atomic E-state index is 0.0201. The molecule has 3 rings (SSSR count). The Bertz CT molecular complexity index is 684. The third kappa shape index (κ3) is 4.60. The lowest BCUT2D eigenvalue weighted by molar-refractivity contribution is -0.123. The number of hydrogen-bond donors (Lipinski definition) is 2. The van der Waals surface area contributed by atoms with E-state index in [2.05, 4.69) is 20.1 Å². The van der Waals surface area contributed by atoms with Crippen molar-refractivity contribution in [2.45, 2.75) is 52.0 Å². The van der Waals surface area contributed by atoms with Crippen molar-refractivity contribution in [3.63, 3.8) is 0 Å². The summed E-state index contributed by atoms with van der Waals surface area (Å²) in [6.45, 7) is 9.49. The molecule has 1 aliphatic carbocycles. The summed E-state index contributed by atoms with van der Waals surface area (Å²) >= 11 is 0. The zero-order valence-electron chi connectivity index (χ0n) is 15.5. The van der Waals surface area contributed by atoms with Crippen LogP contribution in [0.2, 0.25) is 0 Å². The Labute approximate surface area is 148 Å². The van der Waals surface area contributed by atoms with Crippen molar-refractivity contribution in [2.24, 2.45) is 0 Å². The molecule has 2 aliphatic rings. The summed E-state index contributed by atoms with van der Waals surface area (Å²) in [5, 5.41) is 3.00. The monoisotopic (exact) mass is 347 g/mol. The van der Waals surface area contributed by atoms with Crippen molar-refractivity contribution in [3.05, 3.63) is 21.6 Å². The summed E-state index contributed by atoms with van der Waals surface area (Å²) in [6, 6.07) is 0.